The second-order valence-electron chi connectivity index (χ2n) is 4.52. The third-order valence-corrected chi connectivity index (χ3v) is 3.15. The normalized spacial score (nSPS) is 29.1. The van der Waals surface area contributed by atoms with Crippen LogP contribution in [0.5, 0.6) is 0 Å². The van der Waals surface area contributed by atoms with E-state index in [1.807, 2.05) is 0 Å². The molecule has 2 nitrogen and oxygen atoms in total. The molecule has 2 N–H and O–H groups in total. The molecule has 0 aromatic carbocycles. The van der Waals surface area contributed by atoms with E-state index in [4.69, 9.17) is 0 Å². The molecule has 2 fully saturated rings. The molecule has 1 saturated heterocycles. The zero-order valence-electron chi connectivity index (χ0n) is 8.52. The summed E-state index contributed by atoms with van der Waals surface area (Å²) in [6, 6.07) is 1.72. The highest BCUT2D eigenvalue weighted by Gasteiger charge is 2.19. The first-order chi connectivity index (χ1) is 6.45. The minimum atomic E-state index is 0.828. The van der Waals surface area contributed by atoms with Crippen LogP contribution in [0.15, 0.2) is 0 Å². The molecular formula is C11H22N2. The predicted molar refractivity (Wildman–Crippen MR) is 55.9 cm³/mol. The Bertz CT molecular complexity index is 137. The van der Waals surface area contributed by atoms with Crippen molar-refractivity contribution in [2.75, 3.05) is 13.1 Å². The monoisotopic (exact) mass is 182 g/mol. The van der Waals surface area contributed by atoms with Gasteiger partial charge in [0, 0.05) is 12.1 Å². The van der Waals surface area contributed by atoms with Crippen LogP contribution in [0.2, 0.25) is 0 Å². The summed E-state index contributed by atoms with van der Waals surface area (Å²) in [6.45, 7) is 2.49. The average molecular weight is 182 g/mol. The second kappa shape index (κ2) is 4.97. The lowest BCUT2D eigenvalue weighted by Gasteiger charge is -2.23. The first kappa shape index (κ1) is 9.47. The largest absolute Gasteiger partial charge is 0.314 e. The van der Waals surface area contributed by atoms with Crippen LogP contribution in [0.1, 0.15) is 44.9 Å². The molecule has 0 spiro atoms. The summed E-state index contributed by atoms with van der Waals surface area (Å²) in [4.78, 5) is 0. The maximum absolute atomic E-state index is 3.60. The zero-order valence-corrected chi connectivity index (χ0v) is 8.52. The highest BCUT2D eigenvalue weighted by Crippen LogP contribution is 2.18. The van der Waals surface area contributed by atoms with Gasteiger partial charge in [-0.15, -0.1) is 0 Å². The van der Waals surface area contributed by atoms with E-state index < -0.39 is 0 Å². The number of hydrogen-bond donors (Lipinski definition) is 2. The minimum Gasteiger partial charge on any atom is -0.314 e. The Kier molecular flexibility index (Phi) is 3.62. The van der Waals surface area contributed by atoms with E-state index in [0.29, 0.717) is 0 Å². The van der Waals surface area contributed by atoms with Gasteiger partial charge < -0.3 is 10.6 Å². The Balaban J connectivity index is 1.46. The third kappa shape index (κ3) is 3.65. The van der Waals surface area contributed by atoms with Gasteiger partial charge in [-0.1, -0.05) is 6.42 Å². The number of nitrogens with one attached hydrogen (secondary N) is 2. The minimum absolute atomic E-state index is 0.828. The first-order valence-corrected chi connectivity index (χ1v) is 5.92. The van der Waals surface area contributed by atoms with Crippen molar-refractivity contribution in [2.24, 2.45) is 0 Å². The van der Waals surface area contributed by atoms with Crippen LogP contribution in [-0.2, 0) is 0 Å². The molecule has 0 bridgehead atoms. The Morgan fingerprint density at radius 3 is 2.77 bits per heavy atom. The summed E-state index contributed by atoms with van der Waals surface area (Å²) in [7, 11) is 0. The van der Waals surface area contributed by atoms with E-state index in [9.17, 15) is 0 Å². The molecular weight excluding hydrogens is 160 g/mol. The number of hydrogen-bond acceptors (Lipinski definition) is 2. The number of rotatable bonds is 5. The Morgan fingerprint density at radius 2 is 2.08 bits per heavy atom. The van der Waals surface area contributed by atoms with Gasteiger partial charge in [-0.05, 0) is 51.6 Å². The molecule has 2 aliphatic rings. The van der Waals surface area contributed by atoms with E-state index in [2.05, 4.69) is 10.6 Å². The molecule has 1 heterocycles. The molecule has 1 unspecified atom stereocenters. The van der Waals surface area contributed by atoms with Crippen LogP contribution < -0.4 is 10.6 Å². The standard InChI is InChI=1S/C11H22N2/c1-2-8-12-10(4-1)5-3-9-13-11-6-7-11/h10-13H,1-9H2. The topological polar surface area (TPSA) is 24.1 Å². The van der Waals surface area contributed by atoms with Gasteiger partial charge in [-0.2, -0.15) is 0 Å². The lowest BCUT2D eigenvalue weighted by atomic mass is 10.0. The van der Waals surface area contributed by atoms with Crippen molar-refractivity contribution in [1.82, 2.24) is 10.6 Å². The van der Waals surface area contributed by atoms with Crippen molar-refractivity contribution in [3.05, 3.63) is 0 Å². The average Bonchev–Trinajstić information content (AvgIpc) is 2.98. The van der Waals surface area contributed by atoms with Gasteiger partial charge in [0.1, 0.15) is 0 Å². The highest BCUT2D eigenvalue weighted by molar-refractivity contribution is 4.81. The van der Waals surface area contributed by atoms with Gasteiger partial charge in [0.2, 0.25) is 0 Å². The molecule has 0 radical (unpaired) electrons. The summed E-state index contributed by atoms with van der Waals surface area (Å²) in [5.74, 6) is 0. The van der Waals surface area contributed by atoms with E-state index in [1.54, 1.807) is 0 Å². The summed E-state index contributed by atoms with van der Waals surface area (Å²) in [5.41, 5.74) is 0. The van der Waals surface area contributed by atoms with Gasteiger partial charge in [0.05, 0.1) is 0 Å². The molecule has 1 atom stereocenters. The quantitative estimate of drug-likeness (QED) is 0.632. The maximum Gasteiger partial charge on any atom is 0.00682 e. The maximum atomic E-state index is 3.60. The van der Waals surface area contributed by atoms with Crippen molar-refractivity contribution in [3.8, 4) is 0 Å². The fraction of sp³-hybridized carbons (Fsp3) is 1.00. The Morgan fingerprint density at radius 1 is 1.15 bits per heavy atom. The zero-order chi connectivity index (χ0) is 8.93. The smallest absolute Gasteiger partial charge is 0.00682 e. The summed E-state index contributed by atoms with van der Waals surface area (Å²) < 4.78 is 0. The van der Waals surface area contributed by atoms with E-state index in [-0.39, 0.29) is 0 Å². The van der Waals surface area contributed by atoms with Gasteiger partial charge >= 0.3 is 0 Å². The predicted octanol–water partition coefficient (Wildman–Crippen LogP) is 1.66. The lowest BCUT2D eigenvalue weighted by molar-refractivity contribution is 0.373. The molecule has 1 saturated carbocycles. The highest BCUT2D eigenvalue weighted by atomic mass is 14.9. The van der Waals surface area contributed by atoms with E-state index >= 15 is 0 Å². The van der Waals surface area contributed by atoms with Crippen LogP contribution in [-0.4, -0.2) is 25.2 Å². The summed E-state index contributed by atoms with van der Waals surface area (Å²) in [5, 5.41) is 7.16. The van der Waals surface area contributed by atoms with Crippen molar-refractivity contribution >= 4 is 0 Å². The van der Waals surface area contributed by atoms with Crippen LogP contribution in [0.25, 0.3) is 0 Å². The molecule has 1 aliphatic carbocycles. The lowest BCUT2D eigenvalue weighted by Crippen LogP contribution is -2.34. The first-order valence-electron chi connectivity index (χ1n) is 5.92. The molecule has 0 aromatic heterocycles. The van der Waals surface area contributed by atoms with Crippen LogP contribution in [0.4, 0.5) is 0 Å². The Labute approximate surface area is 81.5 Å². The third-order valence-electron chi connectivity index (χ3n) is 3.15. The van der Waals surface area contributed by atoms with Crippen LogP contribution in [0, 0.1) is 0 Å². The van der Waals surface area contributed by atoms with Crippen molar-refractivity contribution in [1.29, 1.82) is 0 Å². The van der Waals surface area contributed by atoms with E-state index in [1.165, 1.54) is 58.0 Å². The van der Waals surface area contributed by atoms with Crippen molar-refractivity contribution in [2.45, 2.75) is 57.0 Å². The van der Waals surface area contributed by atoms with Gasteiger partial charge in [-0.25, -0.2) is 0 Å². The second-order valence-corrected chi connectivity index (χ2v) is 4.52. The molecule has 0 amide bonds. The van der Waals surface area contributed by atoms with Gasteiger partial charge in [0.15, 0.2) is 0 Å². The fourth-order valence-corrected chi connectivity index (χ4v) is 2.11. The van der Waals surface area contributed by atoms with Crippen LogP contribution >= 0.6 is 0 Å². The summed E-state index contributed by atoms with van der Waals surface area (Å²) >= 11 is 0. The molecule has 13 heavy (non-hydrogen) atoms. The SMILES string of the molecule is C1CCC(CCCNC2CC2)NC1. The molecule has 2 rings (SSSR count). The van der Waals surface area contributed by atoms with E-state index in [0.717, 1.165) is 12.1 Å². The molecule has 0 aromatic rings. The van der Waals surface area contributed by atoms with Crippen LogP contribution in [0.3, 0.4) is 0 Å². The van der Waals surface area contributed by atoms with Crippen molar-refractivity contribution in [3.63, 3.8) is 0 Å². The number of piperidine rings is 1. The van der Waals surface area contributed by atoms with Gasteiger partial charge in [0.25, 0.3) is 0 Å². The van der Waals surface area contributed by atoms with Crippen molar-refractivity contribution < 1.29 is 0 Å². The fourth-order valence-electron chi connectivity index (χ4n) is 2.11. The molecule has 1 aliphatic heterocycles. The summed E-state index contributed by atoms with van der Waals surface area (Å²) in [6.07, 6.45) is 9.80. The van der Waals surface area contributed by atoms with Gasteiger partial charge in [-0.3, -0.25) is 0 Å². The Hall–Kier alpha value is -0.0800. The molecule has 76 valence electrons. The molecule has 2 heteroatoms.